The summed E-state index contributed by atoms with van der Waals surface area (Å²) in [4.78, 5) is 59.1. The van der Waals surface area contributed by atoms with E-state index in [0.717, 1.165) is 55.6 Å². The molecule has 1 amide bonds. The quantitative estimate of drug-likeness (QED) is 0.102. The summed E-state index contributed by atoms with van der Waals surface area (Å²) in [6.07, 6.45) is 5.77. The minimum atomic E-state index is -0.667. The zero-order valence-corrected chi connectivity index (χ0v) is 38.4. The molecule has 5 aliphatic rings. The van der Waals surface area contributed by atoms with Crippen molar-refractivity contribution in [1.29, 1.82) is 0 Å². The fourth-order valence-corrected chi connectivity index (χ4v) is 13.2. The van der Waals surface area contributed by atoms with Crippen molar-refractivity contribution in [3.8, 4) is 0 Å². The summed E-state index contributed by atoms with van der Waals surface area (Å²) in [6.45, 7) is 20.8. The second-order valence-corrected chi connectivity index (χ2v) is 20.1. The largest absolute Gasteiger partial charge is 0.458 e. The van der Waals surface area contributed by atoms with E-state index in [0.29, 0.717) is 61.9 Å². The lowest BCUT2D eigenvalue weighted by molar-refractivity contribution is -0.234. The standard InChI is InChI=1S/C52H70N2O8/c1-9-53-26-28-54(29-27-53)47(57)37-19-13-14-20-38(37)49(59)62-43-23-24-50(6)40(34(43)4)22-25-51(7)46(50)42(56)30-41-45(44(61-35(5)55)31-52(41,51)8)39(21-15-16-33(2)3)48(58)60-32-36-17-11-10-12-18-36/h10-14,16-20,34,40-44,46,56H,9,15,21-32H2,1-8H3/b45-39-/t34-,40-,41-,42+,43+,44-,46-,50-,51-,52-/m0/s1. The summed E-state index contributed by atoms with van der Waals surface area (Å²) in [5.74, 6) is -1.43. The maximum Gasteiger partial charge on any atom is 0.339 e. The Morgan fingerprint density at radius 1 is 0.855 bits per heavy atom. The number of hydrogen-bond donors (Lipinski definition) is 1. The molecule has 0 bridgehead atoms. The van der Waals surface area contributed by atoms with Crippen LogP contribution < -0.4 is 0 Å². The highest BCUT2D eigenvalue weighted by Gasteiger charge is 2.71. The number of fused-ring (bicyclic) bond motifs is 5. The maximum atomic E-state index is 14.3. The summed E-state index contributed by atoms with van der Waals surface area (Å²) >= 11 is 0. The third kappa shape index (κ3) is 8.55. The Bertz CT molecular complexity index is 2050. The number of amides is 1. The van der Waals surface area contributed by atoms with E-state index in [9.17, 15) is 24.3 Å². The number of ether oxygens (including phenoxy) is 3. The highest BCUT2D eigenvalue weighted by Crippen LogP contribution is 2.74. The van der Waals surface area contributed by atoms with Crippen LogP contribution in [0.1, 0.15) is 133 Å². The predicted octanol–water partition coefficient (Wildman–Crippen LogP) is 8.97. The van der Waals surface area contributed by atoms with Crippen molar-refractivity contribution in [3.63, 3.8) is 0 Å². The fourth-order valence-electron chi connectivity index (χ4n) is 13.2. The van der Waals surface area contributed by atoms with Gasteiger partial charge in [0.2, 0.25) is 0 Å². The van der Waals surface area contributed by atoms with Crippen molar-refractivity contribution < 1.29 is 38.5 Å². The number of carbonyl (C=O) groups is 4. The SMILES string of the molecule is CCN1CCN(C(=O)c2ccccc2C(=O)O[C@@H]2CC[C@@]3(C)[C@@H](CC[C@@]4(C)[C@H]3[C@H](O)C[C@H]3/C(=C(\CCC=C(C)C)C(=O)OCc5ccccc5)[C@@H](OC(C)=O)C[C@@]34C)[C@@H]2C)CC1. The summed E-state index contributed by atoms with van der Waals surface area (Å²) in [5.41, 5.74) is 3.12. The monoisotopic (exact) mass is 851 g/mol. The Kier molecular flexibility index (Phi) is 13.6. The van der Waals surface area contributed by atoms with Gasteiger partial charge in [0, 0.05) is 38.7 Å². The molecule has 1 heterocycles. The van der Waals surface area contributed by atoms with Crippen LogP contribution in [0.15, 0.2) is 77.4 Å². The van der Waals surface area contributed by atoms with Crippen molar-refractivity contribution in [1.82, 2.24) is 9.80 Å². The van der Waals surface area contributed by atoms with Crippen LogP contribution >= 0.6 is 0 Å². The van der Waals surface area contributed by atoms with Crippen LogP contribution in [0.3, 0.4) is 0 Å². The Balaban J connectivity index is 1.14. The number of hydrogen-bond acceptors (Lipinski definition) is 9. The zero-order chi connectivity index (χ0) is 44.6. The molecule has 0 aromatic heterocycles. The highest BCUT2D eigenvalue weighted by molar-refractivity contribution is 6.05. The van der Waals surface area contributed by atoms with Crippen LogP contribution in [0.5, 0.6) is 0 Å². The molecule has 10 heteroatoms. The van der Waals surface area contributed by atoms with Gasteiger partial charge in [-0.1, -0.05) is 88.7 Å². The second kappa shape index (κ2) is 18.4. The molecule has 0 unspecified atom stereocenters. The molecule has 62 heavy (non-hydrogen) atoms. The number of nitrogens with zero attached hydrogens (tertiary/aromatic N) is 2. The van der Waals surface area contributed by atoms with E-state index in [1.165, 1.54) is 6.92 Å². The van der Waals surface area contributed by atoms with Gasteiger partial charge in [-0.05, 0) is 135 Å². The number of aliphatic hydroxyl groups is 1. The zero-order valence-electron chi connectivity index (χ0n) is 38.4. The normalized spacial score (nSPS) is 33.9. The number of rotatable bonds is 11. The van der Waals surface area contributed by atoms with Crippen molar-refractivity contribution in [3.05, 3.63) is 94.1 Å². The van der Waals surface area contributed by atoms with Gasteiger partial charge in [0.15, 0.2) is 0 Å². The van der Waals surface area contributed by atoms with Crippen molar-refractivity contribution in [2.75, 3.05) is 32.7 Å². The molecule has 1 aliphatic heterocycles. The van der Waals surface area contributed by atoms with Crippen molar-refractivity contribution in [2.24, 2.45) is 39.9 Å². The number of benzene rings is 2. The number of piperazine rings is 1. The van der Waals surface area contributed by atoms with Crippen LogP contribution in [0.4, 0.5) is 0 Å². The molecule has 5 fully saturated rings. The van der Waals surface area contributed by atoms with E-state index in [-0.39, 0.29) is 53.1 Å². The molecule has 4 saturated carbocycles. The van der Waals surface area contributed by atoms with Crippen LogP contribution in [-0.4, -0.2) is 89.8 Å². The maximum absolute atomic E-state index is 14.3. The van der Waals surface area contributed by atoms with Gasteiger partial charge in [-0.2, -0.15) is 0 Å². The summed E-state index contributed by atoms with van der Waals surface area (Å²) in [5, 5.41) is 12.6. The van der Waals surface area contributed by atoms with E-state index in [1.807, 2.05) is 49.1 Å². The molecular formula is C52H70N2O8. The van der Waals surface area contributed by atoms with Crippen LogP contribution in [-0.2, 0) is 30.4 Å². The molecule has 1 saturated heterocycles. The lowest BCUT2D eigenvalue weighted by atomic mass is 9.36. The Hall–Kier alpha value is -4.28. The third-order valence-electron chi connectivity index (χ3n) is 16.5. The molecule has 0 spiro atoms. The van der Waals surface area contributed by atoms with Gasteiger partial charge >= 0.3 is 17.9 Å². The molecule has 2 aromatic rings. The topological polar surface area (TPSA) is 123 Å². The molecular weight excluding hydrogens is 781 g/mol. The number of carbonyl (C=O) groups excluding carboxylic acids is 4. The first kappa shape index (κ1) is 45.7. The van der Waals surface area contributed by atoms with E-state index >= 15 is 0 Å². The van der Waals surface area contributed by atoms with Crippen molar-refractivity contribution >= 4 is 23.8 Å². The van der Waals surface area contributed by atoms with Crippen LogP contribution in [0.2, 0.25) is 0 Å². The lowest BCUT2D eigenvalue weighted by Crippen LogP contribution is -2.65. The molecule has 0 radical (unpaired) electrons. The third-order valence-corrected chi connectivity index (χ3v) is 16.5. The minimum Gasteiger partial charge on any atom is -0.458 e. The Labute approximate surface area is 369 Å². The minimum absolute atomic E-state index is 0.0267. The smallest absolute Gasteiger partial charge is 0.339 e. The van der Waals surface area contributed by atoms with E-state index in [2.05, 4.69) is 45.6 Å². The molecule has 2 aromatic carbocycles. The molecule has 10 nitrogen and oxygen atoms in total. The molecule has 7 rings (SSSR count). The van der Waals surface area contributed by atoms with Gasteiger partial charge in [-0.15, -0.1) is 0 Å². The molecule has 4 aliphatic carbocycles. The average molecular weight is 851 g/mol. The van der Waals surface area contributed by atoms with Gasteiger partial charge in [0.05, 0.1) is 17.2 Å². The second-order valence-electron chi connectivity index (χ2n) is 20.1. The number of aliphatic hydroxyl groups excluding tert-OH is 1. The van der Waals surface area contributed by atoms with Gasteiger partial charge in [0.1, 0.15) is 18.8 Å². The average Bonchev–Trinajstić information content (AvgIpc) is 3.52. The summed E-state index contributed by atoms with van der Waals surface area (Å²) < 4.78 is 18.6. The first-order valence-corrected chi connectivity index (χ1v) is 23.3. The summed E-state index contributed by atoms with van der Waals surface area (Å²) in [6, 6.07) is 16.7. The first-order chi connectivity index (χ1) is 29.5. The molecule has 10 atom stereocenters. The van der Waals surface area contributed by atoms with E-state index in [1.54, 1.807) is 24.3 Å². The Morgan fingerprint density at radius 2 is 1.53 bits per heavy atom. The first-order valence-electron chi connectivity index (χ1n) is 23.3. The Morgan fingerprint density at radius 3 is 2.19 bits per heavy atom. The van der Waals surface area contributed by atoms with Gasteiger partial charge in [-0.3, -0.25) is 9.59 Å². The molecule has 1 N–H and O–H groups in total. The predicted molar refractivity (Wildman–Crippen MR) is 239 cm³/mol. The van der Waals surface area contributed by atoms with E-state index in [4.69, 9.17) is 14.2 Å². The number of likely N-dealkylation sites (N-methyl/N-ethyl adjacent to an activating group) is 1. The molecule has 336 valence electrons. The van der Waals surface area contributed by atoms with Gasteiger partial charge < -0.3 is 29.1 Å². The van der Waals surface area contributed by atoms with Crippen molar-refractivity contribution in [2.45, 2.75) is 132 Å². The van der Waals surface area contributed by atoms with Gasteiger partial charge in [0.25, 0.3) is 5.91 Å². The number of esters is 3. The van der Waals surface area contributed by atoms with Gasteiger partial charge in [-0.25, -0.2) is 9.59 Å². The highest BCUT2D eigenvalue weighted by atomic mass is 16.6. The lowest BCUT2D eigenvalue weighted by Gasteiger charge is -2.69. The summed E-state index contributed by atoms with van der Waals surface area (Å²) in [7, 11) is 0. The van der Waals surface area contributed by atoms with Crippen LogP contribution in [0.25, 0.3) is 0 Å². The fraction of sp³-hybridized carbons (Fsp3) is 0.615. The van der Waals surface area contributed by atoms with E-state index < -0.39 is 35.5 Å². The number of allylic oxidation sites excluding steroid dienone is 2. The van der Waals surface area contributed by atoms with Crippen LogP contribution in [0, 0.1) is 39.9 Å².